The molecule has 0 aliphatic rings. The van der Waals surface area contributed by atoms with Crippen LogP contribution >= 0.6 is 0 Å². The monoisotopic (exact) mass is 485 g/mol. The molecule has 37 heavy (non-hydrogen) atoms. The van der Waals surface area contributed by atoms with Crippen LogP contribution in [0.3, 0.4) is 0 Å². The van der Waals surface area contributed by atoms with Gasteiger partial charge in [0.15, 0.2) is 0 Å². The van der Waals surface area contributed by atoms with Gasteiger partial charge in [0, 0.05) is 29.3 Å². The Morgan fingerprint density at radius 2 is 1.65 bits per heavy atom. The summed E-state index contributed by atoms with van der Waals surface area (Å²) in [6, 6.07) is 31.3. The molecule has 0 bridgehead atoms. The zero-order valence-corrected chi connectivity index (χ0v) is 20.7. The molecule has 1 amide bonds. The minimum Gasteiger partial charge on any atom is -0.457 e. The van der Waals surface area contributed by atoms with Gasteiger partial charge < -0.3 is 10.1 Å². The number of benzene rings is 4. The van der Waals surface area contributed by atoms with Gasteiger partial charge in [0.05, 0.1) is 11.2 Å². The van der Waals surface area contributed by atoms with E-state index in [1.165, 1.54) is 0 Å². The van der Waals surface area contributed by atoms with E-state index in [2.05, 4.69) is 27.6 Å². The maximum atomic E-state index is 12.6. The number of nitrogens with one attached hydrogen (secondary N) is 2. The van der Waals surface area contributed by atoms with Crippen LogP contribution in [0.4, 0.5) is 5.69 Å². The fourth-order valence-electron chi connectivity index (χ4n) is 4.19. The van der Waals surface area contributed by atoms with Gasteiger partial charge in [-0.2, -0.15) is 5.10 Å². The Morgan fingerprint density at radius 3 is 2.49 bits per heavy atom. The predicted molar refractivity (Wildman–Crippen MR) is 151 cm³/mol. The number of H-pyrrole nitrogens is 1. The molecule has 5 rings (SSSR count). The molecule has 5 nitrogen and oxygen atoms in total. The van der Waals surface area contributed by atoms with Crippen molar-refractivity contribution in [2.45, 2.75) is 13.8 Å². The molecule has 182 valence electrons. The van der Waals surface area contributed by atoms with E-state index in [1.54, 1.807) is 12.1 Å². The molecule has 5 heteroatoms. The number of allylic oxidation sites excluding steroid dienone is 1. The number of carbonyl (C=O) groups is 1. The first kappa shape index (κ1) is 23.8. The van der Waals surface area contributed by atoms with E-state index in [9.17, 15) is 4.79 Å². The zero-order valence-electron chi connectivity index (χ0n) is 20.7. The highest BCUT2D eigenvalue weighted by atomic mass is 16.5. The van der Waals surface area contributed by atoms with Crippen LogP contribution in [0.1, 0.15) is 29.3 Å². The van der Waals surface area contributed by atoms with Crippen molar-refractivity contribution in [2.75, 3.05) is 5.32 Å². The van der Waals surface area contributed by atoms with Crippen molar-refractivity contribution in [1.29, 1.82) is 0 Å². The number of aryl methyl sites for hydroxylation is 1. The Balaban J connectivity index is 1.27. The van der Waals surface area contributed by atoms with Crippen LogP contribution in [0, 0.1) is 6.92 Å². The molecule has 1 heterocycles. The van der Waals surface area contributed by atoms with E-state index in [0.717, 1.165) is 38.9 Å². The topological polar surface area (TPSA) is 67.0 Å². The number of carbonyl (C=O) groups excluding carboxylic acids is 1. The van der Waals surface area contributed by atoms with Gasteiger partial charge >= 0.3 is 0 Å². The van der Waals surface area contributed by atoms with Gasteiger partial charge in [-0.15, -0.1) is 0 Å². The number of amides is 1. The number of anilines is 1. The summed E-state index contributed by atoms with van der Waals surface area (Å²) in [5.41, 5.74) is 6.62. The molecule has 0 unspecified atom stereocenters. The van der Waals surface area contributed by atoms with Crippen LogP contribution in [-0.2, 0) is 4.79 Å². The van der Waals surface area contributed by atoms with Crippen LogP contribution in [-0.4, -0.2) is 16.1 Å². The van der Waals surface area contributed by atoms with Crippen molar-refractivity contribution >= 4 is 40.2 Å². The van der Waals surface area contributed by atoms with E-state index >= 15 is 0 Å². The molecule has 0 fully saturated rings. The second kappa shape index (κ2) is 10.8. The molecule has 1 aromatic heterocycles. The fraction of sp³-hybridized carbons (Fsp3) is 0.0625. The summed E-state index contributed by atoms with van der Waals surface area (Å²) in [6.45, 7) is 3.98. The molecule has 2 N–H and O–H groups in total. The molecule has 0 radical (unpaired) electrons. The summed E-state index contributed by atoms with van der Waals surface area (Å²) in [7, 11) is 0. The highest BCUT2D eigenvalue weighted by Gasteiger charge is 2.08. The number of fused-ring (bicyclic) bond motifs is 1. The average Bonchev–Trinajstić information content (AvgIpc) is 3.30. The standard InChI is InChI=1S/C32H27N3O2/c1-22-9-6-7-14-28(22)23(2)19-32(36)33-25-12-8-13-26(20-25)37-27-16-17-29-30(34-35-31(29)21-27)18-15-24-10-4-3-5-11-24/h3-21H,1-2H3,(H,33,36)(H,34,35)/b18-15+,23-19+. The molecular weight excluding hydrogens is 458 g/mol. The molecule has 4 aromatic carbocycles. The summed E-state index contributed by atoms with van der Waals surface area (Å²) < 4.78 is 6.08. The largest absolute Gasteiger partial charge is 0.457 e. The SMILES string of the molecule is C/C(=C\C(=O)Nc1cccc(Oc2ccc3c(/C=C/c4ccccc4)n[nH]c3c2)c1)c1ccccc1C. The highest BCUT2D eigenvalue weighted by Crippen LogP contribution is 2.28. The molecule has 0 aliphatic carbocycles. The number of ether oxygens (including phenoxy) is 1. The smallest absolute Gasteiger partial charge is 0.248 e. The highest BCUT2D eigenvalue weighted by molar-refractivity contribution is 6.04. The summed E-state index contributed by atoms with van der Waals surface area (Å²) >= 11 is 0. The third-order valence-electron chi connectivity index (χ3n) is 6.05. The zero-order chi connectivity index (χ0) is 25.6. The Kier molecular flexibility index (Phi) is 6.95. The fourth-order valence-corrected chi connectivity index (χ4v) is 4.19. The lowest BCUT2D eigenvalue weighted by Crippen LogP contribution is -2.08. The maximum Gasteiger partial charge on any atom is 0.248 e. The van der Waals surface area contributed by atoms with Crippen molar-refractivity contribution < 1.29 is 9.53 Å². The number of aromatic amines is 1. The Hall–Kier alpha value is -4.90. The summed E-state index contributed by atoms with van der Waals surface area (Å²) in [5.74, 6) is 1.11. The molecule has 0 atom stereocenters. The lowest BCUT2D eigenvalue weighted by Gasteiger charge is -2.09. The second-order valence-electron chi connectivity index (χ2n) is 8.82. The maximum absolute atomic E-state index is 12.6. The number of nitrogens with zero attached hydrogens (tertiary/aromatic N) is 1. The molecule has 5 aromatic rings. The van der Waals surface area contributed by atoms with Gasteiger partial charge in [0.2, 0.25) is 5.91 Å². The van der Waals surface area contributed by atoms with E-state index in [1.807, 2.05) is 105 Å². The lowest BCUT2D eigenvalue weighted by atomic mass is 10.0. The first-order valence-corrected chi connectivity index (χ1v) is 12.1. The Bertz CT molecular complexity index is 1610. The van der Waals surface area contributed by atoms with E-state index in [0.29, 0.717) is 17.2 Å². The molecule has 0 saturated heterocycles. The van der Waals surface area contributed by atoms with Gasteiger partial charge in [-0.3, -0.25) is 9.89 Å². The number of rotatable bonds is 7. The van der Waals surface area contributed by atoms with Gasteiger partial charge in [-0.1, -0.05) is 66.7 Å². The third kappa shape index (κ3) is 5.85. The lowest BCUT2D eigenvalue weighted by molar-refractivity contribution is -0.111. The van der Waals surface area contributed by atoms with E-state index < -0.39 is 0 Å². The number of hydrogen-bond acceptors (Lipinski definition) is 3. The second-order valence-corrected chi connectivity index (χ2v) is 8.82. The van der Waals surface area contributed by atoms with Crippen LogP contribution in [0.2, 0.25) is 0 Å². The predicted octanol–water partition coefficient (Wildman–Crippen LogP) is 7.88. The van der Waals surface area contributed by atoms with E-state index in [-0.39, 0.29) is 5.91 Å². The number of hydrogen-bond donors (Lipinski definition) is 2. The first-order valence-electron chi connectivity index (χ1n) is 12.1. The van der Waals surface area contributed by atoms with Crippen molar-refractivity contribution in [3.63, 3.8) is 0 Å². The average molecular weight is 486 g/mol. The summed E-state index contributed by atoms with van der Waals surface area (Å²) in [5, 5.41) is 11.5. The Morgan fingerprint density at radius 1 is 0.865 bits per heavy atom. The van der Waals surface area contributed by atoms with Crippen molar-refractivity contribution in [3.8, 4) is 11.5 Å². The van der Waals surface area contributed by atoms with Crippen LogP contribution in [0.25, 0.3) is 28.6 Å². The van der Waals surface area contributed by atoms with Gasteiger partial charge in [0.1, 0.15) is 11.5 Å². The van der Waals surface area contributed by atoms with Crippen molar-refractivity contribution in [1.82, 2.24) is 10.2 Å². The third-order valence-corrected chi connectivity index (χ3v) is 6.05. The van der Waals surface area contributed by atoms with E-state index in [4.69, 9.17) is 4.74 Å². The molecular formula is C32H27N3O2. The minimum absolute atomic E-state index is 0.187. The normalized spacial score (nSPS) is 11.7. The van der Waals surface area contributed by atoms with Gasteiger partial charge in [-0.25, -0.2) is 0 Å². The first-order chi connectivity index (χ1) is 18.0. The van der Waals surface area contributed by atoms with Crippen LogP contribution in [0.5, 0.6) is 11.5 Å². The minimum atomic E-state index is -0.187. The van der Waals surface area contributed by atoms with Crippen molar-refractivity contribution in [3.05, 3.63) is 126 Å². The number of aromatic nitrogens is 2. The van der Waals surface area contributed by atoms with Gasteiger partial charge in [0.25, 0.3) is 0 Å². The van der Waals surface area contributed by atoms with Crippen molar-refractivity contribution in [2.24, 2.45) is 0 Å². The molecule has 0 aliphatic heterocycles. The molecule has 0 spiro atoms. The van der Waals surface area contributed by atoms with Crippen LogP contribution in [0.15, 0.2) is 103 Å². The van der Waals surface area contributed by atoms with Crippen LogP contribution < -0.4 is 10.1 Å². The summed E-state index contributed by atoms with van der Waals surface area (Å²) in [4.78, 5) is 12.6. The van der Waals surface area contributed by atoms with Gasteiger partial charge in [-0.05, 0) is 66.5 Å². The molecule has 0 saturated carbocycles. The quantitative estimate of drug-likeness (QED) is 0.230. The Labute approximate surface area is 216 Å². The summed E-state index contributed by atoms with van der Waals surface area (Å²) in [6.07, 6.45) is 5.65.